The highest BCUT2D eigenvalue weighted by Crippen LogP contribution is 2.66. The summed E-state index contributed by atoms with van der Waals surface area (Å²) in [4.78, 5) is 29.5. The molecule has 0 amide bonds. The Bertz CT molecular complexity index is 823. The summed E-state index contributed by atoms with van der Waals surface area (Å²) in [5.74, 6) is 2.62. The number of hydrogen-bond acceptors (Lipinski definition) is 4. The smallest absolute Gasteiger partial charge is 0.322 e. The van der Waals surface area contributed by atoms with E-state index in [1.54, 1.807) is 0 Å². The minimum absolute atomic E-state index is 0.222. The van der Waals surface area contributed by atoms with Crippen LogP contribution in [0.2, 0.25) is 0 Å². The Balaban J connectivity index is 1.50. The van der Waals surface area contributed by atoms with Gasteiger partial charge >= 0.3 is 5.97 Å². The fraction of sp³-hybridized carbons (Fsp3) is 0.808. The molecule has 0 aromatic carbocycles. The third-order valence-electron chi connectivity index (χ3n) is 9.36. The first-order chi connectivity index (χ1) is 14.4. The summed E-state index contributed by atoms with van der Waals surface area (Å²) in [5, 5.41) is 4.33. The largest absolute Gasteiger partial charge is 0.388 e. The van der Waals surface area contributed by atoms with Crippen LogP contribution >= 0.6 is 0 Å². The summed E-state index contributed by atoms with van der Waals surface area (Å²) < 4.78 is 0.542. The molecule has 5 nitrogen and oxygen atoms in total. The minimum atomic E-state index is -0.262. The highest BCUT2D eigenvalue weighted by atomic mass is 16.7. The molecule has 0 spiro atoms. The van der Waals surface area contributed by atoms with E-state index in [4.69, 9.17) is 4.84 Å². The number of quaternary nitrogens is 1. The normalized spacial score (nSPS) is 40.5. The quantitative estimate of drug-likeness (QED) is 0.280. The van der Waals surface area contributed by atoms with Crippen molar-refractivity contribution in [2.45, 2.75) is 72.1 Å². The molecule has 0 aliphatic heterocycles. The molecule has 172 valence electrons. The van der Waals surface area contributed by atoms with Crippen molar-refractivity contribution in [3.05, 3.63) is 11.6 Å². The van der Waals surface area contributed by atoms with Crippen LogP contribution in [0.1, 0.15) is 72.1 Å². The standard InChI is InChI=1S/C26H41N2O3/c1-17(27-31-24(30)16-28(4,5)6)21-9-10-22-20-8-7-18-15-19(29)11-13-25(18,2)23(20)12-14-26(21,22)3/h15,20-23H,7-14,16H2,1-6H3/q+1/b27-17-. The van der Waals surface area contributed by atoms with Gasteiger partial charge in [0.2, 0.25) is 0 Å². The Hall–Kier alpha value is -1.49. The Kier molecular flexibility index (Phi) is 5.73. The summed E-state index contributed by atoms with van der Waals surface area (Å²) in [5.41, 5.74) is 2.89. The van der Waals surface area contributed by atoms with Gasteiger partial charge in [-0.1, -0.05) is 24.6 Å². The molecule has 0 saturated heterocycles. The van der Waals surface area contributed by atoms with Crippen LogP contribution in [0, 0.1) is 34.5 Å². The van der Waals surface area contributed by atoms with Gasteiger partial charge in [0.25, 0.3) is 0 Å². The molecule has 6 atom stereocenters. The lowest BCUT2D eigenvalue weighted by Gasteiger charge is -2.58. The second kappa shape index (κ2) is 7.83. The molecule has 3 fully saturated rings. The Labute approximate surface area is 187 Å². The van der Waals surface area contributed by atoms with Crippen molar-refractivity contribution in [3.63, 3.8) is 0 Å². The van der Waals surface area contributed by atoms with Crippen LogP contribution in [0.4, 0.5) is 0 Å². The van der Waals surface area contributed by atoms with Crippen molar-refractivity contribution < 1.29 is 18.9 Å². The van der Waals surface area contributed by atoms with Gasteiger partial charge in [-0.15, -0.1) is 0 Å². The lowest BCUT2D eigenvalue weighted by atomic mass is 9.46. The highest BCUT2D eigenvalue weighted by Gasteiger charge is 2.59. The van der Waals surface area contributed by atoms with E-state index < -0.39 is 0 Å². The molecule has 0 aromatic rings. The Morgan fingerprint density at radius 2 is 1.84 bits per heavy atom. The maximum Gasteiger partial charge on any atom is 0.388 e. The fourth-order valence-electron chi connectivity index (χ4n) is 7.85. The second-order valence-electron chi connectivity index (χ2n) is 12.3. The lowest BCUT2D eigenvalue weighted by molar-refractivity contribution is -0.862. The van der Waals surface area contributed by atoms with Gasteiger partial charge < -0.3 is 9.32 Å². The highest BCUT2D eigenvalue weighted by molar-refractivity contribution is 5.91. The van der Waals surface area contributed by atoms with Gasteiger partial charge in [0, 0.05) is 12.3 Å². The number of allylic oxidation sites excluding steroid dienone is 1. The van der Waals surface area contributed by atoms with E-state index in [-0.39, 0.29) is 16.8 Å². The number of nitrogens with zero attached hydrogens (tertiary/aromatic N) is 2. The first-order valence-corrected chi connectivity index (χ1v) is 12.2. The van der Waals surface area contributed by atoms with E-state index in [0.29, 0.717) is 34.6 Å². The number of rotatable bonds is 4. The van der Waals surface area contributed by atoms with E-state index >= 15 is 0 Å². The van der Waals surface area contributed by atoms with Crippen molar-refractivity contribution in [1.29, 1.82) is 0 Å². The van der Waals surface area contributed by atoms with Gasteiger partial charge in [0.15, 0.2) is 12.3 Å². The number of ketones is 1. The van der Waals surface area contributed by atoms with Crippen LogP contribution in [-0.2, 0) is 14.4 Å². The molecule has 4 aliphatic carbocycles. The summed E-state index contributed by atoms with van der Waals surface area (Å²) in [7, 11) is 5.94. The monoisotopic (exact) mass is 429 g/mol. The molecular formula is C26H41N2O3+. The summed E-state index contributed by atoms with van der Waals surface area (Å²) in [6.07, 6.45) is 10.9. The van der Waals surface area contributed by atoms with Crippen molar-refractivity contribution in [1.82, 2.24) is 0 Å². The predicted octanol–water partition coefficient (Wildman–Crippen LogP) is 4.76. The zero-order valence-corrected chi connectivity index (χ0v) is 20.4. The molecule has 5 heteroatoms. The van der Waals surface area contributed by atoms with Crippen LogP contribution in [0.3, 0.4) is 0 Å². The predicted molar refractivity (Wildman–Crippen MR) is 122 cm³/mol. The third-order valence-corrected chi connectivity index (χ3v) is 9.36. The Morgan fingerprint density at radius 1 is 1.10 bits per heavy atom. The molecule has 4 rings (SSSR count). The van der Waals surface area contributed by atoms with Crippen molar-refractivity contribution in [2.24, 2.45) is 39.7 Å². The number of carbonyl (C=O) groups excluding carboxylic acids is 2. The second-order valence-corrected chi connectivity index (χ2v) is 12.3. The minimum Gasteiger partial charge on any atom is -0.322 e. The van der Waals surface area contributed by atoms with Crippen molar-refractivity contribution in [2.75, 3.05) is 27.7 Å². The average molecular weight is 430 g/mol. The van der Waals surface area contributed by atoms with Gasteiger partial charge in [-0.2, -0.15) is 0 Å². The maximum absolute atomic E-state index is 12.1. The van der Waals surface area contributed by atoms with E-state index in [1.807, 2.05) is 27.2 Å². The summed E-state index contributed by atoms with van der Waals surface area (Å²) >= 11 is 0. The van der Waals surface area contributed by atoms with Crippen LogP contribution in [0.15, 0.2) is 16.8 Å². The third kappa shape index (κ3) is 4.03. The van der Waals surface area contributed by atoms with E-state index in [1.165, 1.54) is 31.3 Å². The van der Waals surface area contributed by atoms with Gasteiger partial charge in [-0.25, -0.2) is 4.79 Å². The van der Waals surface area contributed by atoms with Gasteiger partial charge in [0.05, 0.1) is 26.9 Å². The molecule has 0 heterocycles. The molecular weight excluding hydrogens is 388 g/mol. The maximum atomic E-state index is 12.1. The zero-order chi connectivity index (χ0) is 22.6. The number of carbonyl (C=O) groups is 2. The number of likely N-dealkylation sites (N-methyl/N-ethyl adjacent to an activating group) is 1. The van der Waals surface area contributed by atoms with Gasteiger partial charge in [0.1, 0.15) is 0 Å². The van der Waals surface area contributed by atoms with E-state index in [2.05, 4.69) is 25.9 Å². The number of oxime groups is 1. The average Bonchev–Trinajstić information content (AvgIpc) is 3.02. The van der Waals surface area contributed by atoms with Gasteiger partial charge in [-0.3, -0.25) is 4.79 Å². The zero-order valence-electron chi connectivity index (χ0n) is 20.4. The van der Waals surface area contributed by atoms with Crippen LogP contribution < -0.4 is 0 Å². The molecule has 31 heavy (non-hydrogen) atoms. The molecule has 3 saturated carbocycles. The first kappa shape index (κ1) is 22.7. The van der Waals surface area contributed by atoms with E-state index in [0.717, 1.165) is 37.3 Å². The molecule has 0 bridgehead atoms. The molecule has 6 unspecified atom stereocenters. The molecule has 0 N–H and O–H groups in total. The topological polar surface area (TPSA) is 55.7 Å². The number of hydrogen-bond donors (Lipinski definition) is 0. The molecule has 0 aromatic heterocycles. The summed E-state index contributed by atoms with van der Waals surface area (Å²) in [6, 6.07) is 0. The molecule has 0 radical (unpaired) electrons. The van der Waals surface area contributed by atoms with Crippen molar-refractivity contribution in [3.8, 4) is 0 Å². The van der Waals surface area contributed by atoms with Crippen molar-refractivity contribution >= 4 is 17.5 Å². The molecule has 4 aliphatic rings. The number of fused-ring (bicyclic) bond motifs is 5. The lowest BCUT2D eigenvalue weighted by Crippen LogP contribution is -2.51. The van der Waals surface area contributed by atoms with Gasteiger partial charge in [-0.05, 0) is 86.5 Å². The summed E-state index contributed by atoms with van der Waals surface area (Å²) in [6.45, 7) is 7.29. The van der Waals surface area contributed by atoms with Crippen LogP contribution in [0.5, 0.6) is 0 Å². The van der Waals surface area contributed by atoms with Crippen LogP contribution in [0.25, 0.3) is 0 Å². The van der Waals surface area contributed by atoms with Crippen LogP contribution in [-0.4, -0.2) is 49.6 Å². The SMILES string of the molecule is C/C(=N/OC(=O)C[N+](C)(C)C)C1CCC2C3CCC4=CC(=O)CCC4(C)C3CCC12C. The first-order valence-electron chi connectivity index (χ1n) is 12.2. The Morgan fingerprint density at radius 3 is 2.55 bits per heavy atom. The van der Waals surface area contributed by atoms with E-state index in [9.17, 15) is 9.59 Å². The fourth-order valence-corrected chi connectivity index (χ4v) is 7.85.